The first-order valence-electron chi connectivity index (χ1n) is 9.08. The van der Waals surface area contributed by atoms with Crippen molar-refractivity contribution >= 4 is 54.7 Å². The minimum absolute atomic E-state index is 0.00684. The summed E-state index contributed by atoms with van der Waals surface area (Å²) in [4.78, 5) is 34.5. The quantitative estimate of drug-likeness (QED) is 0.223. The number of carbonyl (C=O) groups excluding carboxylic acids is 3. The molecule has 1 heterocycles. The Morgan fingerprint density at radius 2 is 1.67 bits per heavy atom. The molecule has 1 aromatic rings. The van der Waals surface area contributed by atoms with Crippen LogP contribution < -0.4 is 15.5 Å². The maximum atomic E-state index is 11.9. The molecule has 164 valence electrons. The van der Waals surface area contributed by atoms with Crippen molar-refractivity contribution in [3.63, 3.8) is 0 Å². The standard InChI is InChI=1S/C19H24N2O7SSe/c1-10(22)25-9-14-15(26-11(2)23)16(27-12(3)24)17(18(28-14)21-19(20)29)30-13-7-5-4-6-8-13/h4-8,14-18H,9H2,1-3H3,(H3,20,21,29)/t14-,15+,16+,17+,18+/m1/s1. The summed E-state index contributed by atoms with van der Waals surface area (Å²) in [5.41, 5.74) is 5.68. The molecule has 0 radical (unpaired) electrons. The number of benzene rings is 1. The number of thiocarbonyl (C=S) groups is 1. The molecular formula is C19H24N2O7SSe. The van der Waals surface area contributed by atoms with E-state index in [1.54, 1.807) is 0 Å². The second-order valence-electron chi connectivity index (χ2n) is 6.45. The summed E-state index contributed by atoms with van der Waals surface area (Å²) < 4.78 is 23.2. The Hall–Kier alpha value is -2.20. The van der Waals surface area contributed by atoms with Gasteiger partial charge in [-0.3, -0.25) is 0 Å². The first-order valence-corrected chi connectivity index (χ1v) is 11.3. The molecule has 1 saturated heterocycles. The van der Waals surface area contributed by atoms with Gasteiger partial charge in [-0.05, 0) is 0 Å². The molecule has 1 aliphatic heterocycles. The topological polar surface area (TPSA) is 126 Å². The molecule has 11 heteroatoms. The molecule has 0 amide bonds. The van der Waals surface area contributed by atoms with Crippen molar-refractivity contribution in [2.45, 2.75) is 50.1 Å². The van der Waals surface area contributed by atoms with Crippen molar-refractivity contribution in [2.24, 2.45) is 5.73 Å². The van der Waals surface area contributed by atoms with Crippen LogP contribution in [0.3, 0.4) is 0 Å². The first kappa shape index (κ1) is 24.1. The number of rotatable bonds is 7. The van der Waals surface area contributed by atoms with E-state index in [9.17, 15) is 14.4 Å². The SMILES string of the molecule is CC(=O)OC[C@H]1O[C@H](NC(N)=S)[C@@H]([Se]c2ccccc2)[C@@H](OC(C)=O)[C@H]1OC(C)=O. The Morgan fingerprint density at radius 3 is 2.20 bits per heavy atom. The van der Waals surface area contributed by atoms with E-state index in [4.69, 9.17) is 36.9 Å². The summed E-state index contributed by atoms with van der Waals surface area (Å²) in [5.74, 6) is -1.66. The van der Waals surface area contributed by atoms with Gasteiger partial charge in [0.15, 0.2) is 0 Å². The fraction of sp³-hybridized carbons (Fsp3) is 0.474. The predicted molar refractivity (Wildman–Crippen MR) is 112 cm³/mol. The molecule has 0 saturated carbocycles. The third-order valence-electron chi connectivity index (χ3n) is 3.99. The van der Waals surface area contributed by atoms with E-state index in [2.05, 4.69) is 5.32 Å². The molecular weight excluding hydrogens is 479 g/mol. The zero-order valence-electron chi connectivity index (χ0n) is 16.7. The number of ether oxygens (including phenoxy) is 4. The van der Waals surface area contributed by atoms with Crippen LogP contribution in [-0.4, -0.2) is 69.1 Å². The van der Waals surface area contributed by atoms with Crippen LogP contribution in [0.5, 0.6) is 0 Å². The molecule has 0 aromatic heterocycles. The number of hydrogen-bond donors (Lipinski definition) is 2. The normalized spacial score (nSPS) is 25.6. The molecule has 9 nitrogen and oxygen atoms in total. The number of esters is 3. The number of carbonyl (C=O) groups is 3. The first-order chi connectivity index (χ1) is 14.2. The van der Waals surface area contributed by atoms with Crippen LogP contribution in [0.1, 0.15) is 20.8 Å². The third-order valence-corrected chi connectivity index (χ3v) is 6.90. The Labute approximate surface area is 186 Å². The van der Waals surface area contributed by atoms with Crippen molar-refractivity contribution in [3.05, 3.63) is 30.3 Å². The summed E-state index contributed by atoms with van der Waals surface area (Å²) in [6, 6.07) is 9.56. The van der Waals surface area contributed by atoms with Crippen molar-refractivity contribution in [3.8, 4) is 0 Å². The molecule has 1 fully saturated rings. The molecule has 2 rings (SSSR count). The summed E-state index contributed by atoms with van der Waals surface area (Å²) >= 11 is 4.70. The van der Waals surface area contributed by atoms with Crippen molar-refractivity contribution in [1.82, 2.24) is 5.32 Å². The van der Waals surface area contributed by atoms with Crippen LogP contribution in [-0.2, 0) is 33.3 Å². The molecule has 5 atom stereocenters. The van der Waals surface area contributed by atoms with E-state index in [0.29, 0.717) is 0 Å². The van der Waals surface area contributed by atoms with Gasteiger partial charge in [0.05, 0.1) is 0 Å². The molecule has 1 aliphatic rings. The third kappa shape index (κ3) is 7.24. The molecule has 0 spiro atoms. The van der Waals surface area contributed by atoms with E-state index in [1.165, 1.54) is 20.8 Å². The van der Waals surface area contributed by atoms with Gasteiger partial charge in [-0.25, -0.2) is 0 Å². The zero-order chi connectivity index (χ0) is 22.3. The molecule has 0 aliphatic carbocycles. The predicted octanol–water partition coefficient (Wildman–Crippen LogP) is -0.211. The van der Waals surface area contributed by atoms with Crippen LogP contribution in [0, 0.1) is 0 Å². The van der Waals surface area contributed by atoms with Crippen LogP contribution >= 0.6 is 12.2 Å². The fourth-order valence-corrected chi connectivity index (χ4v) is 5.64. The second kappa shape index (κ2) is 11.3. The van der Waals surface area contributed by atoms with E-state index >= 15 is 0 Å². The van der Waals surface area contributed by atoms with Gasteiger partial charge in [-0.1, -0.05) is 0 Å². The Bertz CT molecular complexity index is 779. The Balaban J connectivity index is 2.43. The zero-order valence-corrected chi connectivity index (χ0v) is 19.3. The monoisotopic (exact) mass is 504 g/mol. The maximum absolute atomic E-state index is 11.9. The Morgan fingerprint density at radius 1 is 1.07 bits per heavy atom. The van der Waals surface area contributed by atoms with Crippen molar-refractivity contribution < 1.29 is 33.3 Å². The van der Waals surface area contributed by atoms with Crippen LogP contribution in [0.15, 0.2) is 30.3 Å². The fourth-order valence-electron chi connectivity index (χ4n) is 2.95. The number of hydrogen-bond acceptors (Lipinski definition) is 8. The van der Waals surface area contributed by atoms with E-state index in [1.807, 2.05) is 30.3 Å². The molecule has 30 heavy (non-hydrogen) atoms. The van der Waals surface area contributed by atoms with E-state index < -0.39 is 47.3 Å². The molecule has 0 bridgehead atoms. The van der Waals surface area contributed by atoms with Gasteiger partial charge in [0, 0.05) is 0 Å². The van der Waals surface area contributed by atoms with Gasteiger partial charge < -0.3 is 0 Å². The Kier molecular flexibility index (Phi) is 9.04. The number of nitrogens with one attached hydrogen (secondary N) is 1. The van der Waals surface area contributed by atoms with Crippen LogP contribution in [0.4, 0.5) is 0 Å². The number of nitrogens with two attached hydrogens (primary N) is 1. The van der Waals surface area contributed by atoms with Gasteiger partial charge in [-0.2, -0.15) is 0 Å². The minimum atomic E-state index is -0.981. The van der Waals surface area contributed by atoms with Gasteiger partial charge in [-0.15, -0.1) is 0 Å². The van der Waals surface area contributed by atoms with E-state index in [0.717, 1.165) is 4.46 Å². The van der Waals surface area contributed by atoms with Gasteiger partial charge >= 0.3 is 186 Å². The molecule has 0 unspecified atom stereocenters. The van der Waals surface area contributed by atoms with Gasteiger partial charge in [0.25, 0.3) is 0 Å². The average Bonchev–Trinajstić information content (AvgIpc) is 2.64. The van der Waals surface area contributed by atoms with Gasteiger partial charge in [0.2, 0.25) is 0 Å². The van der Waals surface area contributed by atoms with Crippen LogP contribution in [0.25, 0.3) is 0 Å². The summed E-state index contributed by atoms with van der Waals surface area (Å²) in [6.45, 7) is 3.55. The second-order valence-corrected chi connectivity index (χ2v) is 9.52. The van der Waals surface area contributed by atoms with E-state index in [-0.39, 0.29) is 26.7 Å². The summed E-state index contributed by atoms with van der Waals surface area (Å²) in [7, 11) is 0. The average molecular weight is 503 g/mol. The molecule has 3 N–H and O–H groups in total. The van der Waals surface area contributed by atoms with Gasteiger partial charge in [0.1, 0.15) is 0 Å². The summed E-state index contributed by atoms with van der Waals surface area (Å²) in [5, 5.41) is 2.87. The summed E-state index contributed by atoms with van der Waals surface area (Å²) in [6.07, 6.45) is -3.49. The van der Waals surface area contributed by atoms with Crippen LogP contribution in [0.2, 0.25) is 4.82 Å². The molecule has 1 aromatic carbocycles. The van der Waals surface area contributed by atoms with Crippen molar-refractivity contribution in [1.29, 1.82) is 0 Å². The van der Waals surface area contributed by atoms with Crippen molar-refractivity contribution in [2.75, 3.05) is 6.61 Å².